The standard InChI is InChI=1S/C13H20FNO/c1-3-4-5-9-15(2)13-8-6-7-12(14)11(13)10-16/h6-8,16H,3-5,9-10H2,1-2H3. The van der Waals surface area contributed by atoms with Gasteiger partial charge in [0.25, 0.3) is 0 Å². The second-order valence-electron chi connectivity index (χ2n) is 4.02. The van der Waals surface area contributed by atoms with Gasteiger partial charge in [0.05, 0.1) is 6.61 Å². The van der Waals surface area contributed by atoms with E-state index >= 15 is 0 Å². The summed E-state index contributed by atoms with van der Waals surface area (Å²) < 4.78 is 13.4. The van der Waals surface area contributed by atoms with Crippen molar-refractivity contribution in [2.45, 2.75) is 32.8 Å². The molecule has 1 rings (SSSR count). The van der Waals surface area contributed by atoms with Crippen LogP contribution in [0.15, 0.2) is 18.2 Å². The minimum absolute atomic E-state index is 0.250. The predicted octanol–water partition coefficient (Wildman–Crippen LogP) is 2.94. The van der Waals surface area contributed by atoms with Gasteiger partial charge in [0.2, 0.25) is 0 Å². The van der Waals surface area contributed by atoms with Crippen LogP contribution in [0.25, 0.3) is 0 Å². The number of benzene rings is 1. The topological polar surface area (TPSA) is 23.5 Å². The Balaban J connectivity index is 2.74. The average molecular weight is 225 g/mol. The van der Waals surface area contributed by atoms with E-state index in [0.29, 0.717) is 5.56 Å². The van der Waals surface area contributed by atoms with E-state index in [9.17, 15) is 4.39 Å². The summed E-state index contributed by atoms with van der Waals surface area (Å²) in [6, 6.07) is 4.91. The fourth-order valence-corrected chi connectivity index (χ4v) is 1.78. The van der Waals surface area contributed by atoms with Gasteiger partial charge in [-0.3, -0.25) is 0 Å². The van der Waals surface area contributed by atoms with Crippen LogP contribution in [0, 0.1) is 5.82 Å². The third-order valence-corrected chi connectivity index (χ3v) is 2.76. The Kier molecular flexibility index (Phi) is 5.26. The first-order valence-electron chi connectivity index (χ1n) is 5.80. The summed E-state index contributed by atoms with van der Waals surface area (Å²) in [5.74, 6) is -0.331. The number of nitrogens with zero attached hydrogens (tertiary/aromatic N) is 1. The lowest BCUT2D eigenvalue weighted by Gasteiger charge is -2.22. The molecule has 0 saturated carbocycles. The predicted molar refractivity (Wildman–Crippen MR) is 65.1 cm³/mol. The molecule has 3 heteroatoms. The van der Waals surface area contributed by atoms with Crippen molar-refractivity contribution < 1.29 is 9.50 Å². The maximum atomic E-state index is 13.4. The van der Waals surface area contributed by atoms with E-state index in [2.05, 4.69) is 6.92 Å². The lowest BCUT2D eigenvalue weighted by atomic mass is 10.1. The van der Waals surface area contributed by atoms with Gasteiger partial charge in [-0.1, -0.05) is 25.8 Å². The van der Waals surface area contributed by atoms with E-state index < -0.39 is 0 Å². The van der Waals surface area contributed by atoms with E-state index in [1.54, 1.807) is 6.07 Å². The number of hydrogen-bond acceptors (Lipinski definition) is 2. The van der Waals surface area contributed by atoms with Crippen molar-refractivity contribution in [2.75, 3.05) is 18.5 Å². The molecule has 90 valence electrons. The van der Waals surface area contributed by atoms with Crippen molar-refractivity contribution in [1.82, 2.24) is 0 Å². The molecular weight excluding hydrogens is 205 g/mol. The summed E-state index contributed by atoms with van der Waals surface area (Å²) in [4.78, 5) is 2.00. The minimum atomic E-state index is -0.331. The van der Waals surface area contributed by atoms with E-state index in [4.69, 9.17) is 5.11 Å². The molecule has 0 fully saturated rings. The van der Waals surface area contributed by atoms with Gasteiger partial charge < -0.3 is 10.0 Å². The molecule has 0 aliphatic carbocycles. The fourth-order valence-electron chi connectivity index (χ4n) is 1.78. The summed E-state index contributed by atoms with van der Waals surface area (Å²) in [5.41, 5.74) is 1.18. The van der Waals surface area contributed by atoms with Crippen LogP contribution in [0.4, 0.5) is 10.1 Å². The molecule has 1 N–H and O–H groups in total. The summed E-state index contributed by atoms with van der Waals surface area (Å²) in [5, 5.41) is 9.15. The number of unbranched alkanes of at least 4 members (excludes halogenated alkanes) is 2. The Morgan fingerprint density at radius 2 is 2.06 bits per heavy atom. The highest BCUT2D eigenvalue weighted by atomic mass is 19.1. The Hall–Kier alpha value is -1.09. The van der Waals surface area contributed by atoms with Crippen LogP contribution in [0.5, 0.6) is 0 Å². The number of rotatable bonds is 6. The van der Waals surface area contributed by atoms with Gasteiger partial charge in [0, 0.05) is 24.8 Å². The SMILES string of the molecule is CCCCCN(C)c1cccc(F)c1CO. The minimum Gasteiger partial charge on any atom is -0.391 e. The number of anilines is 1. The van der Waals surface area contributed by atoms with Crippen molar-refractivity contribution in [1.29, 1.82) is 0 Å². The monoisotopic (exact) mass is 225 g/mol. The third-order valence-electron chi connectivity index (χ3n) is 2.76. The molecule has 2 nitrogen and oxygen atoms in total. The summed E-state index contributed by atoms with van der Waals surface area (Å²) >= 11 is 0. The first-order valence-corrected chi connectivity index (χ1v) is 5.80. The van der Waals surface area contributed by atoms with Gasteiger partial charge in [0.1, 0.15) is 5.82 Å². The van der Waals surface area contributed by atoms with E-state index in [1.807, 2.05) is 18.0 Å². The molecule has 0 aliphatic heterocycles. The zero-order valence-electron chi connectivity index (χ0n) is 10.0. The van der Waals surface area contributed by atoms with Gasteiger partial charge in [-0.2, -0.15) is 0 Å². The highest BCUT2D eigenvalue weighted by Gasteiger charge is 2.10. The molecule has 1 aromatic carbocycles. The Morgan fingerprint density at radius 3 is 2.69 bits per heavy atom. The lowest BCUT2D eigenvalue weighted by molar-refractivity contribution is 0.276. The van der Waals surface area contributed by atoms with Crippen LogP contribution in [-0.2, 0) is 6.61 Å². The van der Waals surface area contributed by atoms with Crippen LogP contribution in [-0.4, -0.2) is 18.7 Å². The molecule has 0 aromatic heterocycles. The van der Waals surface area contributed by atoms with Crippen molar-refractivity contribution in [3.05, 3.63) is 29.6 Å². The van der Waals surface area contributed by atoms with Crippen molar-refractivity contribution in [3.8, 4) is 0 Å². The van der Waals surface area contributed by atoms with Gasteiger partial charge in [-0.15, -0.1) is 0 Å². The average Bonchev–Trinajstić information content (AvgIpc) is 2.29. The maximum absolute atomic E-state index is 13.4. The van der Waals surface area contributed by atoms with Crippen molar-refractivity contribution in [3.63, 3.8) is 0 Å². The molecule has 0 radical (unpaired) electrons. The highest BCUT2D eigenvalue weighted by Crippen LogP contribution is 2.22. The summed E-state index contributed by atoms with van der Waals surface area (Å²) in [6.45, 7) is 2.80. The Bertz CT molecular complexity index is 328. The van der Waals surface area contributed by atoms with Crippen LogP contribution >= 0.6 is 0 Å². The molecular formula is C13H20FNO. The summed E-state index contributed by atoms with van der Waals surface area (Å²) in [6.07, 6.45) is 3.44. The quantitative estimate of drug-likeness (QED) is 0.752. The van der Waals surface area contributed by atoms with E-state index in [-0.39, 0.29) is 12.4 Å². The number of halogens is 1. The lowest BCUT2D eigenvalue weighted by Crippen LogP contribution is -2.20. The Morgan fingerprint density at radius 1 is 1.31 bits per heavy atom. The molecule has 16 heavy (non-hydrogen) atoms. The molecule has 0 aliphatic rings. The van der Waals surface area contributed by atoms with Gasteiger partial charge >= 0.3 is 0 Å². The second-order valence-corrected chi connectivity index (χ2v) is 4.02. The molecule has 0 bridgehead atoms. The van der Waals surface area contributed by atoms with Crippen LogP contribution in [0.2, 0.25) is 0 Å². The molecule has 0 saturated heterocycles. The normalized spacial score (nSPS) is 10.5. The molecule has 0 spiro atoms. The third kappa shape index (κ3) is 3.20. The number of aliphatic hydroxyl groups excluding tert-OH is 1. The highest BCUT2D eigenvalue weighted by molar-refractivity contribution is 5.53. The maximum Gasteiger partial charge on any atom is 0.130 e. The van der Waals surface area contributed by atoms with Crippen LogP contribution in [0.3, 0.4) is 0 Å². The van der Waals surface area contributed by atoms with E-state index in [1.165, 1.54) is 18.9 Å². The first kappa shape index (κ1) is 13.0. The smallest absolute Gasteiger partial charge is 0.130 e. The zero-order valence-corrected chi connectivity index (χ0v) is 10.0. The molecule has 0 atom stereocenters. The largest absolute Gasteiger partial charge is 0.391 e. The van der Waals surface area contributed by atoms with Crippen molar-refractivity contribution in [2.24, 2.45) is 0 Å². The molecule has 0 heterocycles. The first-order chi connectivity index (χ1) is 7.70. The van der Waals surface area contributed by atoms with Gasteiger partial charge in [0.15, 0.2) is 0 Å². The molecule has 0 unspecified atom stereocenters. The fraction of sp³-hybridized carbons (Fsp3) is 0.538. The van der Waals surface area contributed by atoms with E-state index in [0.717, 1.165) is 18.7 Å². The van der Waals surface area contributed by atoms with Crippen LogP contribution < -0.4 is 4.90 Å². The number of hydrogen-bond donors (Lipinski definition) is 1. The summed E-state index contributed by atoms with van der Waals surface area (Å²) in [7, 11) is 1.93. The zero-order chi connectivity index (χ0) is 12.0. The number of aliphatic hydroxyl groups is 1. The van der Waals surface area contributed by atoms with Crippen LogP contribution in [0.1, 0.15) is 31.7 Å². The molecule has 1 aromatic rings. The van der Waals surface area contributed by atoms with Gasteiger partial charge in [-0.25, -0.2) is 4.39 Å². The molecule has 0 amide bonds. The second kappa shape index (κ2) is 6.48. The van der Waals surface area contributed by atoms with Crippen molar-refractivity contribution >= 4 is 5.69 Å². The van der Waals surface area contributed by atoms with Gasteiger partial charge in [-0.05, 0) is 18.6 Å². The Labute approximate surface area is 96.7 Å².